The maximum absolute atomic E-state index is 12.2. The first-order valence-corrected chi connectivity index (χ1v) is 8.10. The van der Waals surface area contributed by atoms with Crippen molar-refractivity contribution in [3.8, 4) is 0 Å². The zero-order valence-corrected chi connectivity index (χ0v) is 14.6. The predicted molar refractivity (Wildman–Crippen MR) is 86.9 cm³/mol. The molecule has 136 valence electrons. The van der Waals surface area contributed by atoms with Gasteiger partial charge in [0.1, 0.15) is 12.1 Å². The van der Waals surface area contributed by atoms with E-state index in [1.165, 1.54) is 0 Å². The molecule has 0 saturated heterocycles. The summed E-state index contributed by atoms with van der Waals surface area (Å²) in [5.74, 6) is -0.295. The highest BCUT2D eigenvalue weighted by atomic mass is 16.5. The number of carbonyl (C=O) groups excluding carboxylic acids is 1. The minimum Gasteiger partial charge on any atom is -0.480 e. The van der Waals surface area contributed by atoms with Crippen LogP contribution in [-0.4, -0.2) is 33.3 Å². The van der Waals surface area contributed by atoms with Gasteiger partial charge in [-0.2, -0.15) is 4.98 Å². The number of carbonyl (C=O) groups is 2. The summed E-state index contributed by atoms with van der Waals surface area (Å²) in [6.45, 7) is 7.82. The van der Waals surface area contributed by atoms with Crippen molar-refractivity contribution >= 4 is 12.0 Å². The minimum atomic E-state index is -1.07. The van der Waals surface area contributed by atoms with Gasteiger partial charge in [-0.1, -0.05) is 39.3 Å². The fourth-order valence-electron chi connectivity index (χ4n) is 2.19. The molecule has 1 aromatic heterocycles. The quantitative estimate of drug-likeness (QED) is 0.531. The van der Waals surface area contributed by atoms with Crippen LogP contribution in [0.1, 0.15) is 58.3 Å². The zero-order chi connectivity index (χ0) is 18.3. The van der Waals surface area contributed by atoms with Crippen molar-refractivity contribution in [2.75, 3.05) is 0 Å². The number of aliphatic carboxylic acids is 1. The molecule has 1 unspecified atom stereocenters. The molecule has 0 aliphatic carbocycles. The monoisotopic (exact) mass is 341 g/mol. The number of urea groups is 1. The third kappa shape index (κ3) is 5.80. The topological polar surface area (TPSA) is 143 Å². The van der Waals surface area contributed by atoms with Crippen molar-refractivity contribution in [3.05, 3.63) is 11.7 Å². The summed E-state index contributed by atoms with van der Waals surface area (Å²) in [6.07, 6.45) is 1.11. The van der Waals surface area contributed by atoms with Gasteiger partial charge in [0.25, 0.3) is 0 Å². The first-order chi connectivity index (χ1) is 11.3. The molecule has 1 aromatic rings. The van der Waals surface area contributed by atoms with Crippen LogP contribution in [0, 0.1) is 11.8 Å². The minimum absolute atomic E-state index is 0.0233. The van der Waals surface area contributed by atoms with Gasteiger partial charge < -0.3 is 26.0 Å². The summed E-state index contributed by atoms with van der Waals surface area (Å²) >= 11 is 0. The second-order valence-electron chi connectivity index (χ2n) is 6.25. The second-order valence-corrected chi connectivity index (χ2v) is 6.25. The van der Waals surface area contributed by atoms with Gasteiger partial charge in [-0.05, 0) is 18.3 Å². The van der Waals surface area contributed by atoms with Crippen molar-refractivity contribution in [2.24, 2.45) is 17.6 Å². The third-order valence-electron chi connectivity index (χ3n) is 3.74. The van der Waals surface area contributed by atoms with Gasteiger partial charge in [-0.25, -0.2) is 9.59 Å². The van der Waals surface area contributed by atoms with Crippen molar-refractivity contribution < 1.29 is 19.2 Å². The van der Waals surface area contributed by atoms with Crippen LogP contribution >= 0.6 is 0 Å². The molecule has 0 aliphatic heterocycles. The average molecular weight is 341 g/mol. The van der Waals surface area contributed by atoms with E-state index in [1.807, 2.05) is 27.7 Å². The fraction of sp³-hybridized carbons (Fsp3) is 0.733. The molecule has 5 N–H and O–H groups in total. The van der Waals surface area contributed by atoms with Gasteiger partial charge in [0.2, 0.25) is 5.89 Å². The summed E-state index contributed by atoms with van der Waals surface area (Å²) in [7, 11) is 0. The molecule has 0 aromatic carbocycles. The number of nitrogens with one attached hydrogen (secondary N) is 2. The Hall–Kier alpha value is -2.16. The first-order valence-electron chi connectivity index (χ1n) is 8.10. The first kappa shape index (κ1) is 19.9. The Morgan fingerprint density at radius 3 is 2.42 bits per heavy atom. The van der Waals surface area contributed by atoms with E-state index in [-0.39, 0.29) is 24.3 Å². The van der Waals surface area contributed by atoms with E-state index in [2.05, 4.69) is 20.8 Å². The van der Waals surface area contributed by atoms with E-state index in [1.54, 1.807) is 0 Å². The molecule has 3 atom stereocenters. The Morgan fingerprint density at radius 1 is 1.29 bits per heavy atom. The lowest BCUT2D eigenvalue weighted by Gasteiger charge is -2.23. The highest BCUT2D eigenvalue weighted by Gasteiger charge is 2.28. The molecular weight excluding hydrogens is 314 g/mol. The number of carboxylic acids is 1. The molecule has 9 nitrogen and oxygen atoms in total. The lowest BCUT2D eigenvalue weighted by atomic mass is 9.99. The molecule has 0 bridgehead atoms. The van der Waals surface area contributed by atoms with E-state index >= 15 is 0 Å². The van der Waals surface area contributed by atoms with Crippen molar-refractivity contribution in [3.63, 3.8) is 0 Å². The van der Waals surface area contributed by atoms with Crippen LogP contribution in [0.25, 0.3) is 0 Å². The van der Waals surface area contributed by atoms with E-state index < -0.39 is 24.1 Å². The number of nitrogens with zero attached hydrogens (tertiary/aromatic N) is 2. The maximum atomic E-state index is 12.2. The number of hydrogen-bond donors (Lipinski definition) is 4. The lowest BCUT2D eigenvalue weighted by molar-refractivity contribution is -0.139. The number of hydrogen-bond acceptors (Lipinski definition) is 6. The number of nitrogens with two attached hydrogens (primary N) is 1. The summed E-state index contributed by atoms with van der Waals surface area (Å²) < 4.78 is 5.16. The average Bonchev–Trinajstić information content (AvgIpc) is 2.99. The predicted octanol–water partition coefficient (Wildman–Crippen LogP) is 1.41. The Balaban J connectivity index is 2.82. The van der Waals surface area contributed by atoms with Crippen molar-refractivity contribution in [2.45, 2.75) is 59.2 Å². The smallest absolute Gasteiger partial charge is 0.326 e. The molecule has 24 heavy (non-hydrogen) atoms. The Labute approximate surface area is 141 Å². The van der Waals surface area contributed by atoms with Gasteiger partial charge in [0.05, 0.1) is 6.54 Å². The Bertz CT molecular complexity index is 546. The molecule has 0 fully saturated rings. The highest BCUT2D eigenvalue weighted by molar-refractivity contribution is 5.82. The highest BCUT2D eigenvalue weighted by Crippen LogP contribution is 2.23. The number of amides is 2. The molecule has 0 radical (unpaired) electrons. The van der Waals surface area contributed by atoms with Crippen LogP contribution in [0.2, 0.25) is 0 Å². The van der Waals surface area contributed by atoms with Crippen LogP contribution in [0.4, 0.5) is 4.79 Å². The zero-order valence-electron chi connectivity index (χ0n) is 14.6. The molecule has 1 heterocycles. The van der Waals surface area contributed by atoms with Crippen LogP contribution in [0.15, 0.2) is 4.52 Å². The van der Waals surface area contributed by atoms with Crippen LogP contribution in [-0.2, 0) is 11.3 Å². The Morgan fingerprint density at radius 2 is 1.96 bits per heavy atom. The van der Waals surface area contributed by atoms with Gasteiger partial charge in [0, 0.05) is 0 Å². The van der Waals surface area contributed by atoms with Gasteiger partial charge in [-0.15, -0.1) is 0 Å². The van der Waals surface area contributed by atoms with E-state index in [9.17, 15) is 14.7 Å². The summed E-state index contributed by atoms with van der Waals surface area (Å²) in [5.41, 5.74) is 5.47. The van der Waals surface area contributed by atoms with Crippen molar-refractivity contribution in [1.29, 1.82) is 0 Å². The molecule has 2 amide bonds. The van der Waals surface area contributed by atoms with Crippen molar-refractivity contribution in [1.82, 2.24) is 20.8 Å². The number of carboxylic acid groups (broad SMARTS) is 1. The van der Waals surface area contributed by atoms with Crippen LogP contribution in [0.5, 0.6) is 0 Å². The van der Waals surface area contributed by atoms with Crippen LogP contribution in [0.3, 0.4) is 0 Å². The normalized spacial score (nSPS) is 14.9. The largest absolute Gasteiger partial charge is 0.480 e. The van der Waals surface area contributed by atoms with Gasteiger partial charge in [0.15, 0.2) is 5.82 Å². The molecular formula is C15H27N5O4. The second kappa shape index (κ2) is 9.21. The van der Waals surface area contributed by atoms with E-state index in [0.29, 0.717) is 12.2 Å². The molecule has 0 aliphatic rings. The van der Waals surface area contributed by atoms with E-state index in [4.69, 9.17) is 10.3 Å². The molecule has 0 spiro atoms. The lowest BCUT2D eigenvalue weighted by Crippen LogP contribution is -2.48. The number of aromatic nitrogens is 2. The molecule has 9 heteroatoms. The maximum Gasteiger partial charge on any atom is 0.326 e. The number of rotatable bonds is 9. The Kier molecular flexibility index (Phi) is 7.63. The van der Waals surface area contributed by atoms with Gasteiger partial charge >= 0.3 is 12.0 Å². The van der Waals surface area contributed by atoms with Gasteiger partial charge in [-0.3, -0.25) is 0 Å². The summed E-state index contributed by atoms with van der Waals surface area (Å²) in [5, 5.41) is 18.2. The van der Waals surface area contributed by atoms with Crippen LogP contribution < -0.4 is 16.4 Å². The molecule has 1 rings (SSSR count). The SMILES string of the molecule is CCC(C)[C@H](NC(=O)N[C@@H](CC(C)C)C(=O)O)c1nc(CN)no1. The fourth-order valence-corrected chi connectivity index (χ4v) is 2.19. The third-order valence-corrected chi connectivity index (χ3v) is 3.74. The summed E-state index contributed by atoms with van der Waals surface area (Å²) in [6, 6.07) is -2.05. The molecule has 0 saturated carbocycles. The van der Waals surface area contributed by atoms with E-state index in [0.717, 1.165) is 6.42 Å². The standard InChI is InChI=1S/C15H27N5O4/c1-5-9(4)12(13-18-11(7-16)20-24-13)19-15(23)17-10(14(21)22)6-8(2)3/h8-10,12H,5-7,16H2,1-4H3,(H,21,22)(H2,17,19,23)/t9?,10-,12-/m0/s1. The summed E-state index contributed by atoms with van der Waals surface area (Å²) in [4.78, 5) is 27.6.